The van der Waals surface area contributed by atoms with Crippen molar-refractivity contribution >= 4 is 25.8 Å². The molecule has 7 nitrogen and oxygen atoms in total. The lowest BCUT2D eigenvalue weighted by Gasteiger charge is -2.41. The van der Waals surface area contributed by atoms with Crippen LogP contribution in [0, 0.1) is 0 Å². The van der Waals surface area contributed by atoms with Gasteiger partial charge in [-0.1, -0.05) is 24.3 Å². The topological polar surface area (TPSA) is 76.2 Å². The summed E-state index contributed by atoms with van der Waals surface area (Å²) in [4.78, 5) is 16.7. The highest BCUT2D eigenvalue weighted by atomic mass is 35.7. The SMILES string of the molecule is C[C@@H]1CN(CC(Oc2ccc(S(=O)(=O)Cl)cc2)c2ccc(C3CC3)cc2)CCN1C(=O)OC(C)(C)C. The number of hydrogen-bond acceptors (Lipinski definition) is 6. The van der Waals surface area contributed by atoms with Crippen LogP contribution in [0.1, 0.15) is 63.7 Å². The van der Waals surface area contributed by atoms with Gasteiger partial charge in [0, 0.05) is 42.9 Å². The molecule has 1 saturated carbocycles. The van der Waals surface area contributed by atoms with E-state index in [4.69, 9.17) is 20.2 Å². The van der Waals surface area contributed by atoms with E-state index in [0.717, 1.165) is 5.56 Å². The highest BCUT2D eigenvalue weighted by molar-refractivity contribution is 8.13. The second kappa shape index (κ2) is 10.6. The van der Waals surface area contributed by atoms with E-state index in [1.54, 1.807) is 17.0 Å². The molecular weight excluding hydrogens is 500 g/mol. The molecule has 0 N–H and O–H groups in total. The Hall–Kier alpha value is -2.29. The van der Waals surface area contributed by atoms with Gasteiger partial charge in [0.15, 0.2) is 0 Å². The number of hydrogen-bond donors (Lipinski definition) is 0. The van der Waals surface area contributed by atoms with Gasteiger partial charge in [-0.15, -0.1) is 0 Å². The molecule has 2 atom stereocenters. The molecule has 1 heterocycles. The van der Waals surface area contributed by atoms with Gasteiger partial charge in [0.1, 0.15) is 17.5 Å². The number of carbonyl (C=O) groups is 1. The monoisotopic (exact) mass is 534 g/mol. The molecule has 1 unspecified atom stereocenters. The third kappa shape index (κ3) is 7.14. The third-order valence-electron chi connectivity index (χ3n) is 6.50. The minimum absolute atomic E-state index is 0.000274. The van der Waals surface area contributed by atoms with Gasteiger partial charge in [0.05, 0.1) is 4.90 Å². The molecule has 9 heteroatoms. The first kappa shape index (κ1) is 26.8. The summed E-state index contributed by atoms with van der Waals surface area (Å²) < 4.78 is 35.2. The van der Waals surface area contributed by atoms with Crippen molar-refractivity contribution in [3.63, 3.8) is 0 Å². The number of halogens is 1. The second-order valence-corrected chi connectivity index (χ2v) is 13.3. The van der Waals surface area contributed by atoms with Gasteiger partial charge >= 0.3 is 6.09 Å². The summed E-state index contributed by atoms with van der Waals surface area (Å²) in [5.74, 6) is 1.24. The molecule has 1 saturated heterocycles. The van der Waals surface area contributed by atoms with Crippen LogP contribution < -0.4 is 4.74 Å². The minimum atomic E-state index is -3.79. The van der Waals surface area contributed by atoms with Crippen molar-refractivity contribution in [3.05, 3.63) is 59.7 Å². The Bertz CT molecular complexity index is 1160. The fourth-order valence-corrected chi connectivity index (χ4v) is 5.25. The van der Waals surface area contributed by atoms with Crippen LogP contribution in [-0.4, -0.2) is 62.1 Å². The van der Waals surface area contributed by atoms with Crippen molar-refractivity contribution in [1.29, 1.82) is 0 Å². The first-order chi connectivity index (χ1) is 16.9. The molecule has 1 amide bonds. The molecule has 36 heavy (non-hydrogen) atoms. The highest BCUT2D eigenvalue weighted by Crippen LogP contribution is 2.40. The normalized spacial score (nSPS) is 20.1. The quantitative estimate of drug-likeness (QED) is 0.433. The van der Waals surface area contributed by atoms with Crippen LogP contribution in [0.3, 0.4) is 0 Å². The molecule has 196 valence electrons. The fraction of sp³-hybridized carbons (Fsp3) is 0.519. The Morgan fingerprint density at radius 2 is 1.69 bits per heavy atom. The minimum Gasteiger partial charge on any atom is -0.484 e. The van der Waals surface area contributed by atoms with E-state index in [1.165, 1.54) is 30.5 Å². The molecule has 2 aromatic rings. The smallest absolute Gasteiger partial charge is 0.410 e. The maximum atomic E-state index is 12.6. The van der Waals surface area contributed by atoms with Gasteiger partial charge in [0.2, 0.25) is 0 Å². The van der Waals surface area contributed by atoms with Gasteiger partial charge in [-0.3, -0.25) is 4.90 Å². The Morgan fingerprint density at radius 3 is 2.22 bits per heavy atom. The number of rotatable bonds is 7. The summed E-state index contributed by atoms with van der Waals surface area (Å²) in [7, 11) is 1.66. The molecule has 0 spiro atoms. The lowest BCUT2D eigenvalue weighted by molar-refractivity contribution is -0.00297. The Labute approximate surface area is 218 Å². The summed E-state index contributed by atoms with van der Waals surface area (Å²) in [6, 6.07) is 14.8. The van der Waals surface area contributed by atoms with E-state index in [2.05, 4.69) is 29.2 Å². The van der Waals surface area contributed by atoms with Gasteiger partial charge in [0.25, 0.3) is 9.05 Å². The van der Waals surface area contributed by atoms with E-state index in [9.17, 15) is 13.2 Å². The van der Waals surface area contributed by atoms with Crippen LogP contribution >= 0.6 is 10.7 Å². The van der Waals surface area contributed by atoms with E-state index < -0.39 is 14.7 Å². The lowest BCUT2D eigenvalue weighted by Crippen LogP contribution is -2.55. The fourth-order valence-electron chi connectivity index (χ4n) is 4.48. The van der Waals surface area contributed by atoms with Crippen molar-refractivity contribution in [2.24, 2.45) is 0 Å². The van der Waals surface area contributed by atoms with Crippen LogP contribution in [-0.2, 0) is 13.8 Å². The predicted octanol–water partition coefficient (Wildman–Crippen LogP) is 5.55. The molecule has 2 aliphatic rings. The van der Waals surface area contributed by atoms with Crippen molar-refractivity contribution < 1.29 is 22.7 Å². The van der Waals surface area contributed by atoms with E-state index in [-0.39, 0.29) is 23.1 Å². The third-order valence-corrected chi connectivity index (χ3v) is 7.87. The average Bonchev–Trinajstić information content (AvgIpc) is 3.63. The van der Waals surface area contributed by atoms with Gasteiger partial charge in [-0.05, 0) is 81.8 Å². The van der Waals surface area contributed by atoms with Crippen molar-refractivity contribution in [2.75, 3.05) is 26.2 Å². The molecule has 1 aliphatic carbocycles. The van der Waals surface area contributed by atoms with Crippen molar-refractivity contribution in [3.8, 4) is 5.75 Å². The summed E-state index contributed by atoms with van der Waals surface area (Å²) in [6.07, 6.45) is 1.94. The Morgan fingerprint density at radius 1 is 1.06 bits per heavy atom. The van der Waals surface area contributed by atoms with Gasteiger partial charge < -0.3 is 14.4 Å². The van der Waals surface area contributed by atoms with Crippen LogP contribution in [0.15, 0.2) is 53.4 Å². The lowest BCUT2D eigenvalue weighted by atomic mass is 10.0. The zero-order valence-electron chi connectivity index (χ0n) is 21.3. The Kier molecular flexibility index (Phi) is 7.88. The molecule has 1 aliphatic heterocycles. The zero-order chi connectivity index (χ0) is 26.1. The second-order valence-electron chi connectivity index (χ2n) is 10.7. The van der Waals surface area contributed by atoms with Crippen LogP contribution in [0.2, 0.25) is 0 Å². The number of amides is 1. The summed E-state index contributed by atoms with van der Waals surface area (Å²) >= 11 is 0. The largest absolute Gasteiger partial charge is 0.484 e. The molecular formula is C27H35ClN2O5S. The molecule has 2 fully saturated rings. The first-order valence-electron chi connectivity index (χ1n) is 12.4. The van der Waals surface area contributed by atoms with Crippen molar-refractivity contribution in [2.45, 2.75) is 69.1 Å². The number of ether oxygens (including phenoxy) is 2. The summed E-state index contributed by atoms with van der Waals surface area (Å²) in [5.41, 5.74) is 1.88. The summed E-state index contributed by atoms with van der Waals surface area (Å²) in [6.45, 7) is 10.2. The van der Waals surface area contributed by atoms with Gasteiger partial charge in [-0.2, -0.15) is 0 Å². The number of benzene rings is 2. The van der Waals surface area contributed by atoms with E-state index >= 15 is 0 Å². The van der Waals surface area contributed by atoms with Crippen molar-refractivity contribution in [1.82, 2.24) is 9.80 Å². The van der Waals surface area contributed by atoms with Crippen LogP contribution in [0.4, 0.5) is 4.79 Å². The molecule has 2 aromatic carbocycles. The molecule has 0 aromatic heterocycles. The molecule has 0 bridgehead atoms. The number of piperazine rings is 1. The first-order valence-corrected chi connectivity index (χ1v) is 14.7. The van der Waals surface area contributed by atoms with E-state index in [0.29, 0.717) is 37.8 Å². The maximum Gasteiger partial charge on any atom is 0.410 e. The Balaban J connectivity index is 1.47. The molecule has 4 rings (SSSR count). The standard InChI is InChI=1S/C27H35ClN2O5S/c1-19-17-29(15-16-30(19)26(31)35-27(2,3)4)18-25(22-9-7-21(8-10-22)20-5-6-20)34-23-11-13-24(14-12-23)36(28,32)33/h7-14,19-20,25H,5-6,15-18H2,1-4H3/t19-,25?/m1/s1. The summed E-state index contributed by atoms with van der Waals surface area (Å²) in [5, 5.41) is 0. The van der Waals surface area contributed by atoms with E-state index in [1.807, 2.05) is 27.7 Å². The zero-order valence-corrected chi connectivity index (χ0v) is 22.9. The number of nitrogens with zero attached hydrogens (tertiary/aromatic N) is 2. The number of carbonyl (C=O) groups excluding carboxylic acids is 1. The highest BCUT2D eigenvalue weighted by Gasteiger charge is 2.32. The van der Waals surface area contributed by atoms with Crippen LogP contribution in [0.5, 0.6) is 5.75 Å². The predicted molar refractivity (Wildman–Crippen MR) is 140 cm³/mol. The average molecular weight is 535 g/mol. The molecule has 0 radical (unpaired) electrons. The maximum absolute atomic E-state index is 12.6. The van der Waals surface area contributed by atoms with Gasteiger partial charge in [-0.25, -0.2) is 13.2 Å². The van der Waals surface area contributed by atoms with Crippen LogP contribution in [0.25, 0.3) is 0 Å².